The molecule has 3 N–H and O–H groups in total. The van der Waals surface area contributed by atoms with Crippen LogP contribution in [0.4, 0.5) is 5.69 Å². The van der Waals surface area contributed by atoms with Crippen LogP contribution in [0.2, 0.25) is 0 Å². The normalized spacial score (nSPS) is 27.6. The molecule has 0 spiro atoms. The molecular weight excluding hydrogens is 216 g/mol. The quantitative estimate of drug-likeness (QED) is 0.719. The third kappa shape index (κ3) is 1.51. The summed E-state index contributed by atoms with van der Waals surface area (Å²) in [5.74, 6) is 0.758. The summed E-state index contributed by atoms with van der Waals surface area (Å²) in [6.07, 6.45) is 1.73. The largest absolute Gasteiger partial charge is 0.496 e. The SMILES string of the molecule is COc1ccc(N)c2c1C(O)[C@@H]1CCCN1C2. The molecule has 3 rings (SSSR count). The number of hydrogen-bond donors (Lipinski definition) is 2. The summed E-state index contributed by atoms with van der Waals surface area (Å²) in [5, 5.41) is 10.5. The van der Waals surface area contributed by atoms with E-state index >= 15 is 0 Å². The zero-order chi connectivity index (χ0) is 12.0. The molecule has 0 radical (unpaired) electrons. The van der Waals surface area contributed by atoms with Crippen LogP contribution in [-0.2, 0) is 6.54 Å². The number of nitrogens with two attached hydrogens (primary N) is 1. The van der Waals surface area contributed by atoms with Crippen molar-refractivity contribution >= 4 is 5.69 Å². The van der Waals surface area contributed by atoms with Gasteiger partial charge in [0.15, 0.2) is 0 Å². The molecule has 0 bridgehead atoms. The highest BCUT2D eigenvalue weighted by Gasteiger charge is 2.39. The summed E-state index contributed by atoms with van der Waals surface area (Å²) in [6.45, 7) is 1.89. The molecule has 4 nitrogen and oxygen atoms in total. The maximum atomic E-state index is 10.5. The van der Waals surface area contributed by atoms with E-state index in [0.717, 1.165) is 48.5 Å². The maximum Gasteiger partial charge on any atom is 0.125 e. The van der Waals surface area contributed by atoms with Gasteiger partial charge in [0.05, 0.1) is 13.2 Å². The Morgan fingerprint density at radius 1 is 1.47 bits per heavy atom. The first-order valence-corrected chi connectivity index (χ1v) is 6.09. The molecule has 0 saturated carbocycles. The Bertz CT molecular complexity index is 447. The molecular formula is C13H18N2O2. The van der Waals surface area contributed by atoms with E-state index in [0.29, 0.717) is 0 Å². The molecule has 4 heteroatoms. The summed E-state index contributed by atoms with van der Waals surface area (Å²) in [4.78, 5) is 2.32. The molecule has 1 unspecified atom stereocenters. The predicted octanol–water partition coefficient (Wildman–Crippen LogP) is 1.29. The Morgan fingerprint density at radius 3 is 3.06 bits per heavy atom. The molecule has 2 heterocycles. The predicted molar refractivity (Wildman–Crippen MR) is 65.8 cm³/mol. The molecule has 0 aliphatic carbocycles. The summed E-state index contributed by atoms with van der Waals surface area (Å²) >= 11 is 0. The van der Waals surface area contributed by atoms with Crippen LogP contribution in [0.25, 0.3) is 0 Å². The van der Waals surface area contributed by atoms with Crippen molar-refractivity contribution in [3.63, 3.8) is 0 Å². The number of rotatable bonds is 1. The second-order valence-corrected chi connectivity index (χ2v) is 4.87. The van der Waals surface area contributed by atoms with Crippen molar-refractivity contribution in [3.05, 3.63) is 23.3 Å². The first-order valence-electron chi connectivity index (χ1n) is 6.09. The van der Waals surface area contributed by atoms with Crippen LogP contribution in [-0.4, -0.2) is 29.7 Å². The van der Waals surface area contributed by atoms with Gasteiger partial charge >= 0.3 is 0 Å². The number of nitrogen functional groups attached to an aromatic ring is 1. The lowest BCUT2D eigenvalue weighted by molar-refractivity contribution is 0.0515. The smallest absolute Gasteiger partial charge is 0.125 e. The van der Waals surface area contributed by atoms with Crippen LogP contribution in [0.3, 0.4) is 0 Å². The van der Waals surface area contributed by atoms with E-state index in [1.54, 1.807) is 7.11 Å². The van der Waals surface area contributed by atoms with E-state index in [9.17, 15) is 5.11 Å². The number of fused-ring (bicyclic) bond motifs is 2. The monoisotopic (exact) mass is 234 g/mol. The lowest BCUT2D eigenvalue weighted by Crippen LogP contribution is -2.39. The van der Waals surface area contributed by atoms with Crippen molar-refractivity contribution < 1.29 is 9.84 Å². The average Bonchev–Trinajstić information content (AvgIpc) is 2.79. The van der Waals surface area contributed by atoms with Gasteiger partial charge in [0.2, 0.25) is 0 Å². The van der Waals surface area contributed by atoms with Gasteiger partial charge in [0.25, 0.3) is 0 Å². The minimum atomic E-state index is -0.473. The van der Waals surface area contributed by atoms with E-state index in [1.165, 1.54) is 0 Å². The topological polar surface area (TPSA) is 58.7 Å². The molecule has 2 aliphatic heterocycles. The number of anilines is 1. The Morgan fingerprint density at radius 2 is 2.29 bits per heavy atom. The van der Waals surface area contributed by atoms with Gasteiger partial charge in [0, 0.05) is 23.8 Å². The molecule has 1 aromatic rings. The molecule has 1 fully saturated rings. The fraction of sp³-hybridized carbons (Fsp3) is 0.538. The number of methoxy groups -OCH3 is 1. The standard InChI is InChI=1S/C13H18N2O2/c1-17-11-5-4-9(14)8-7-15-6-2-3-10(15)13(16)12(8)11/h4-5,10,13,16H,2-3,6-7,14H2,1H3/t10-,13?/m0/s1. The van der Waals surface area contributed by atoms with Gasteiger partial charge in [-0.05, 0) is 37.1 Å². The number of aliphatic hydroxyl groups is 1. The maximum absolute atomic E-state index is 10.5. The molecule has 0 amide bonds. The highest BCUT2D eigenvalue weighted by molar-refractivity contribution is 5.58. The Kier molecular flexibility index (Phi) is 2.49. The van der Waals surface area contributed by atoms with Crippen LogP contribution in [0.5, 0.6) is 5.75 Å². The summed E-state index contributed by atoms with van der Waals surface area (Å²) in [6, 6.07) is 3.95. The van der Waals surface area contributed by atoms with Gasteiger partial charge in [0.1, 0.15) is 5.75 Å². The van der Waals surface area contributed by atoms with Gasteiger partial charge in [-0.1, -0.05) is 0 Å². The van der Waals surface area contributed by atoms with Crippen molar-refractivity contribution in [2.24, 2.45) is 0 Å². The van der Waals surface area contributed by atoms with Crippen LogP contribution in [0.1, 0.15) is 30.1 Å². The Labute approximate surface area is 101 Å². The van der Waals surface area contributed by atoms with Crippen molar-refractivity contribution in [2.75, 3.05) is 19.4 Å². The fourth-order valence-electron chi connectivity index (χ4n) is 3.14. The first kappa shape index (κ1) is 10.9. The highest BCUT2D eigenvalue weighted by Crippen LogP contribution is 2.43. The number of ether oxygens (including phenoxy) is 1. The van der Waals surface area contributed by atoms with E-state index in [2.05, 4.69) is 4.90 Å². The molecule has 17 heavy (non-hydrogen) atoms. The van der Waals surface area contributed by atoms with Crippen molar-refractivity contribution in [3.8, 4) is 5.75 Å². The lowest BCUT2D eigenvalue weighted by Gasteiger charge is -2.36. The van der Waals surface area contributed by atoms with Crippen LogP contribution < -0.4 is 10.5 Å². The zero-order valence-electron chi connectivity index (χ0n) is 10.0. The average molecular weight is 234 g/mol. The van der Waals surface area contributed by atoms with Gasteiger partial charge in [-0.15, -0.1) is 0 Å². The summed E-state index contributed by atoms with van der Waals surface area (Å²) in [5.41, 5.74) is 8.71. The molecule has 0 aromatic heterocycles. The fourth-order valence-corrected chi connectivity index (χ4v) is 3.14. The molecule has 1 aromatic carbocycles. The summed E-state index contributed by atoms with van der Waals surface area (Å²) < 4.78 is 5.35. The Hall–Kier alpha value is -1.26. The van der Waals surface area contributed by atoms with E-state index in [-0.39, 0.29) is 6.04 Å². The minimum Gasteiger partial charge on any atom is -0.496 e. The molecule has 2 atom stereocenters. The van der Waals surface area contributed by atoms with Crippen molar-refractivity contribution in [2.45, 2.75) is 31.5 Å². The van der Waals surface area contributed by atoms with Crippen LogP contribution in [0, 0.1) is 0 Å². The number of hydrogen-bond acceptors (Lipinski definition) is 4. The zero-order valence-corrected chi connectivity index (χ0v) is 10.0. The third-order valence-corrected chi connectivity index (χ3v) is 4.01. The van der Waals surface area contributed by atoms with E-state index in [4.69, 9.17) is 10.5 Å². The minimum absolute atomic E-state index is 0.234. The van der Waals surface area contributed by atoms with Gasteiger partial charge in [-0.2, -0.15) is 0 Å². The number of aliphatic hydroxyl groups excluding tert-OH is 1. The van der Waals surface area contributed by atoms with E-state index < -0.39 is 6.10 Å². The van der Waals surface area contributed by atoms with Gasteiger partial charge < -0.3 is 15.6 Å². The van der Waals surface area contributed by atoms with Crippen molar-refractivity contribution in [1.82, 2.24) is 4.90 Å². The second kappa shape index (κ2) is 3.89. The molecule has 1 saturated heterocycles. The van der Waals surface area contributed by atoms with Crippen LogP contribution in [0.15, 0.2) is 12.1 Å². The van der Waals surface area contributed by atoms with Crippen LogP contribution >= 0.6 is 0 Å². The third-order valence-electron chi connectivity index (χ3n) is 4.01. The Balaban J connectivity index is 2.13. The molecule has 2 aliphatic rings. The van der Waals surface area contributed by atoms with E-state index in [1.807, 2.05) is 12.1 Å². The first-order chi connectivity index (χ1) is 8.22. The summed E-state index contributed by atoms with van der Waals surface area (Å²) in [7, 11) is 1.64. The number of benzene rings is 1. The van der Waals surface area contributed by atoms with Crippen molar-refractivity contribution in [1.29, 1.82) is 0 Å². The van der Waals surface area contributed by atoms with Gasteiger partial charge in [-0.3, -0.25) is 4.90 Å². The lowest BCUT2D eigenvalue weighted by atomic mass is 9.89. The molecule has 92 valence electrons. The second-order valence-electron chi connectivity index (χ2n) is 4.87. The van der Waals surface area contributed by atoms with Gasteiger partial charge in [-0.25, -0.2) is 0 Å². The highest BCUT2D eigenvalue weighted by atomic mass is 16.5. The number of nitrogens with zero attached hydrogens (tertiary/aromatic N) is 1.